The molecule has 2 aromatic heterocycles. The van der Waals surface area contributed by atoms with E-state index in [2.05, 4.69) is 10.2 Å². The van der Waals surface area contributed by atoms with Crippen molar-refractivity contribution in [3.63, 3.8) is 0 Å². The molecule has 0 aliphatic carbocycles. The molecule has 0 saturated heterocycles. The minimum Gasteiger partial charge on any atom is -0.478 e. The van der Waals surface area contributed by atoms with Gasteiger partial charge < -0.3 is 13.9 Å². The molecule has 0 saturated carbocycles. The van der Waals surface area contributed by atoms with E-state index in [1.54, 1.807) is 19.3 Å². The van der Waals surface area contributed by atoms with E-state index in [-0.39, 0.29) is 5.56 Å². The normalized spacial score (nSPS) is 11.1. The van der Waals surface area contributed by atoms with Gasteiger partial charge in [0.1, 0.15) is 5.58 Å². The van der Waals surface area contributed by atoms with Crippen LogP contribution in [-0.2, 0) is 0 Å². The van der Waals surface area contributed by atoms with E-state index in [0.29, 0.717) is 28.0 Å². The predicted octanol–water partition coefficient (Wildman–Crippen LogP) is 4.81. The number of hydrogen-bond acceptors (Lipinski definition) is 5. The molecule has 4 aromatic rings. The number of hydrogen-bond donors (Lipinski definition) is 1. The molecule has 0 aliphatic heterocycles. The molecule has 7 heteroatoms. The highest BCUT2D eigenvalue weighted by Crippen LogP contribution is 2.37. The molecule has 124 valence electrons. The van der Waals surface area contributed by atoms with Crippen molar-refractivity contribution in [3.05, 3.63) is 59.1 Å². The summed E-state index contributed by atoms with van der Waals surface area (Å²) in [6.45, 7) is 1.72. The Morgan fingerprint density at radius 1 is 1.12 bits per heavy atom. The highest BCUT2D eigenvalue weighted by atomic mass is 35.5. The monoisotopic (exact) mass is 354 g/mol. The maximum absolute atomic E-state index is 11.1. The second-order valence-corrected chi connectivity index (χ2v) is 5.89. The van der Waals surface area contributed by atoms with Gasteiger partial charge >= 0.3 is 5.97 Å². The maximum Gasteiger partial charge on any atom is 0.335 e. The number of halogens is 1. The minimum absolute atomic E-state index is 0.128. The van der Waals surface area contributed by atoms with Crippen molar-refractivity contribution in [1.82, 2.24) is 10.2 Å². The molecule has 0 radical (unpaired) electrons. The molecular weight excluding hydrogens is 344 g/mol. The smallest absolute Gasteiger partial charge is 0.335 e. The number of aromatic nitrogens is 2. The van der Waals surface area contributed by atoms with E-state index >= 15 is 0 Å². The third kappa shape index (κ3) is 2.66. The zero-order chi connectivity index (χ0) is 17.6. The Hall–Kier alpha value is -3.12. The number of furan rings is 1. The predicted molar refractivity (Wildman–Crippen MR) is 91.6 cm³/mol. The van der Waals surface area contributed by atoms with Crippen LogP contribution in [-0.4, -0.2) is 21.3 Å². The van der Waals surface area contributed by atoms with Gasteiger partial charge in [0.25, 0.3) is 0 Å². The number of nitrogens with zero attached hydrogens (tertiary/aromatic N) is 2. The fraction of sp³-hybridized carbons (Fsp3) is 0.0556. The van der Waals surface area contributed by atoms with Crippen LogP contribution in [0, 0.1) is 6.92 Å². The Balaban J connectivity index is 1.86. The zero-order valence-electron chi connectivity index (χ0n) is 13.0. The molecule has 0 unspecified atom stereocenters. The van der Waals surface area contributed by atoms with Crippen LogP contribution >= 0.6 is 11.6 Å². The fourth-order valence-electron chi connectivity index (χ4n) is 2.65. The summed E-state index contributed by atoms with van der Waals surface area (Å²) in [7, 11) is 0. The van der Waals surface area contributed by atoms with Gasteiger partial charge in [0.2, 0.25) is 11.8 Å². The van der Waals surface area contributed by atoms with E-state index in [1.165, 1.54) is 12.1 Å². The summed E-state index contributed by atoms with van der Waals surface area (Å²) in [6, 6.07) is 10.1. The van der Waals surface area contributed by atoms with Crippen molar-refractivity contribution >= 4 is 28.5 Å². The lowest BCUT2D eigenvalue weighted by Gasteiger charge is -2.04. The average Bonchev–Trinajstić information content (AvgIpc) is 3.20. The second kappa shape index (κ2) is 5.75. The second-order valence-electron chi connectivity index (χ2n) is 5.49. The van der Waals surface area contributed by atoms with Crippen molar-refractivity contribution in [2.45, 2.75) is 6.92 Å². The first-order valence-electron chi connectivity index (χ1n) is 7.38. The van der Waals surface area contributed by atoms with Crippen LogP contribution in [0.15, 0.2) is 51.5 Å². The van der Waals surface area contributed by atoms with Gasteiger partial charge in [-0.05, 0) is 30.3 Å². The van der Waals surface area contributed by atoms with Crippen LogP contribution in [0.4, 0.5) is 0 Å². The van der Waals surface area contributed by atoms with Crippen LogP contribution < -0.4 is 0 Å². The molecule has 1 N–H and O–H groups in total. The molecule has 6 nitrogen and oxygen atoms in total. The SMILES string of the molecule is Cc1nnc(-c2ccc3occ(-c4ccc(C(=O)O)cc4Cl)c3c2)o1. The summed E-state index contributed by atoms with van der Waals surface area (Å²) in [5, 5.41) is 18.1. The Bertz CT molecular complexity index is 1110. The summed E-state index contributed by atoms with van der Waals surface area (Å²) in [5.74, 6) is -0.131. The highest BCUT2D eigenvalue weighted by molar-refractivity contribution is 6.34. The van der Waals surface area contributed by atoms with Gasteiger partial charge in [0, 0.05) is 34.0 Å². The summed E-state index contributed by atoms with van der Waals surface area (Å²) in [4.78, 5) is 11.1. The van der Waals surface area contributed by atoms with Crippen LogP contribution in [0.3, 0.4) is 0 Å². The quantitative estimate of drug-likeness (QED) is 0.567. The van der Waals surface area contributed by atoms with Crippen LogP contribution in [0.5, 0.6) is 0 Å². The van der Waals surface area contributed by atoms with Gasteiger partial charge in [-0.15, -0.1) is 10.2 Å². The summed E-state index contributed by atoms with van der Waals surface area (Å²) in [6.07, 6.45) is 1.59. The first kappa shape index (κ1) is 15.4. The minimum atomic E-state index is -1.03. The number of carbonyl (C=O) groups is 1. The molecule has 0 amide bonds. The lowest BCUT2D eigenvalue weighted by Crippen LogP contribution is -1.95. The van der Waals surface area contributed by atoms with E-state index < -0.39 is 5.97 Å². The summed E-state index contributed by atoms with van der Waals surface area (Å²) < 4.78 is 11.1. The Morgan fingerprint density at radius 2 is 1.96 bits per heavy atom. The number of aryl methyl sites for hydroxylation is 1. The molecule has 2 aromatic carbocycles. The number of fused-ring (bicyclic) bond motifs is 1. The topological polar surface area (TPSA) is 89.4 Å². The van der Waals surface area contributed by atoms with Gasteiger partial charge in [-0.2, -0.15) is 0 Å². The van der Waals surface area contributed by atoms with E-state index in [0.717, 1.165) is 16.5 Å². The van der Waals surface area contributed by atoms with Crippen LogP contribution in [0.25, 0.3) is 33.6 Å². The van der Waals surface area contributed by atoms with Crippen LogP contribution in [0.2, 0.25) is 5.02 Å². The summed E-state index contributed by atoms with van der Waals surface area (Å²) in [5.41, 5.74) is 3.00. The van der Waals surface area contributed by atoms with Gasteiger partial charge in [0.15, 0.2) is 0 Å². The number of benzene rings is 2. The number of rotatable bonds is 3. The third-order valence-electron chi connectivity index (χ3n) is 3.85. The molecule has 0 fully saturated rings. The molecule has 0 atom stereocenters. The highest BCUT2D eigenvalue weighted by Gasteiger charge is 2.15. The van der Waals surface area contributed by atoms with E-state index in [1.807, 2.05) is 18.2 Å². The van der Waals surface area contributed by atoms with Crippen molar-refractivity contribution in [2.75, 3.05) is 0 Å². The van der Waals surface area contributed by atoms with Crippen molar-refractivity contribution < 1.29 is 18.7 Å². The molecule has 0 spiro atoms. The third-order valence-corrected chi connectivity index (χ3v) is 4.17. The van der Waals surface area contributed by atoms with Crippen LogP contribution in [0.1, 0.15) is 16.2 Å². The molecule has 0 bridgehead atoms. The fourth-order valence-corrected chi connectivity index (χ4v) is 2.93. The van der Waals surface area contributed by atoms with Gasteiger partial charge in [-0.3, -0.25) is 0 Å². The maximum atomic E-state index is 11.1. The van der Waals surface area contributed by atoms with Crippen molar-refractivity contribution in [3.8, 4) is 22.6 Å². The Morgan fingerprint density at radius 3 is 2.64 bits per heavy atom. The van der Waals surface area contributed by atoms with E-state index in [9.17, 15) is 4.79 Å². The molecule has 4 rings (SSSR count). The summed E-state index contributed by atoms with van der Waals surface area (Å²) >= 11 is 6.28. The first-order valence-corrected chi connectivity index (χ1v) is 7.75. The van der Waals surface area contributed by atoms with E-state index in [4.69, 9.17) is 25.5 Å². The Kier molecular flexibility index (Phi) is 3.54. The largest absolute Gasteiger partial charge is 0.478 e. The molecular formula is C18H11ClN2O4. The first-order chi connectivity index (χ1) is 12.0. The lowest BCUT2D eigenvalue weighted by molar-refractivity contribution is 0.0697. The van der Waals surface area contributed by atoms with Gasteiger partial charge in [-0.1, -0.05) is 17.7 Å². The van der Waals surface area contributed by atoms with Gasteiger partial charge in [-0.25, -0.2) is 4.79 Å². The average molecular weight is 355 g/mol. The molecule has 2 heterocycles. The standard InChI is InChI=1S/C18H11ClN2O4/c1-9-20-21-17(25-9)10-3-5-16-13(6-10)14(8-24-16)12-4-2-11(18(22)23)7-15(12)19/h2-8H,1H3,(H,22,23). The van der Waals surface area contributed by atoms with Gasteiger partial charge in [0.05, 0.1) is 11.8 Å². The number of aromatic carboxylic acids is 1. The number of carboxylic acids is 1. The Labute approximate surface area is 146 Å². The van der Waals surface area contributed by atoms with Crippen molar-refractivity contribution in [1.29, 1.82) is 0 Å². The zero-order valence-corrected chi connectivity index (χ0v) is 13.7. The molecule has 25 heavy (non-hydrogen) atoms. The molecule has 0 aliphatic rings. The van der Waals surface area contributed by atoms with Crippen molar-refractivity contribution in [2.24, 2.45) is 0 Å². The lowest BCUT2D eigenvalue weighted by atomic mass is 10.0. The number of carboxylic acid groups (broad SMARTS) is 1.